The number of ketones is 1. The first-order valence-electron chi connectivity index (χ1n) is 9.38. The van der Waals surface area contributed by atoms with Crippen molar-refractivity contribution in [3.05, 3.63) is 58.6 Å². The Hall–Kier alpha value is -2.94. The molecule has 0 aliphatic heterocycles. The fraction of sp³-hybridized carbons (Fsp3) is 0.100. The Balaban J connectivity index is 2.01. The molecule has 0 spiro atoms. The van der Waals surface area contributed by atoms with E-state index in [0.29, 0.717) is 0 Å². The van der Waals surface area contributed by atoms with Gasteiger partial charge < -0.3 is 5.32 Å². The average molecular weight is 560 g/mol. The highest BCUT2D eigenvalue weighted by Crippen LogP contribution is 2.34. The third-order valence-corrected chi connectivity index (χ3v) is 7.13. The van der Waals surface area contributed by atoms with Gasteiger partial charge in [0.1, 0.15) is 15.5 Å². The summed E-state index contributed by atoms with van der Waals surface area (Å²) in [5, 5.41) is 9.72. The summed E-state index contributed by atoms with van der Waals surface area (Å²) >= 11 is 11.6. The summed E-state index contributed by atoms with van der Waals surface area (Å²) in [6.07, 6.45) is 0. The smallest absolute Gasteiger partial charge is 0.296 e. The Kier molecular flexibility index (Phi) is 7.59. The summed E-state index contributed by atoms with van der Waals surface area (Å²) < 4.78 is 65.5. The van der Waals surface area contributed by atoms with Gasteiger partial charge in [0, 0.05) is 16.5 Å². The Morgan fingerprint density at radius 2 is 1.46 bits per heavy atom. The molecule has 1 atom stereocenters. The lowest BCUT2D eigenvalue weighted by atomic mass is 10.1. The van der Waals surface area contributed by atoms with E-state index in [4.69, 9.17) is 23.2 Å². The van der Waals surface area contributed by atoms with Crippen molar-refractivity contribution in [3.8, 4) is 0 Å². The highest BCUT2D eigenvalue weighted by atomic mass is 35.5. The third-order valence-electron chi connectivity index (χ3n) is 4.61. The van der Waals surface area contributed by atoms with Gasteiger partial charge in [-0.25, -0.2) is 0 Å². The van der Waals surface area contributed by atoms with Crippen molar-refractivity contribution in [2.45, 2.75) is 22.8 Å². The molecular formula is C20H15Cl2N3O8S2. The minimum absolute atomic E-state index is 0.104. The molecule has 35 heavy (non-hydrogen) atoms. The van der Waals surface area contributed by atoms with Crippen LogP contribution in [0.5, 0.6) is 0 Å². The van der Waals surface area contributed by atoms with Gasteiger partial charge in [-0.05, 0) is 31.2 Å². The van der Waals surface area contributed by atoms with Crippen LogP contribution in [0.1, 0.15) is 6.92 Å². The van der Waals surface area contributed by atoms with Gasteiger partial charge in [-0.1, -0.05) is 47.5 Å². The Morgan fingerprint density at radius 1 is 0.886 bits per heavy atom. The molecule has 0 aromatic heterocycles. The number of Topliss-reactive ketones (excluding diaryl/α,β-unsaturated/α-hetero) is 1. The third kappa shape index (κ3) is 6.01. The molecule has 3 aromatic rings. The van der Waals surface area contributed by atoms with E-state index >= 15 is 0 Å². The summed E-state index contributed by atoms with van der Waals surface area (Å²) in [6, 6.07) is 8.34. The minimum Gasteiger partial charge on any atom is -0.323 e. The first-order valence-corrected chi connectivity index (χ1v) is 13.0. The number of carbonyl (C=O) groups is 2. The predicted octanol–water partition coefficient (Wildman–Crippen LogP) is 4.32. The lowest BCUT2D eigenvalue weighted by Gasteiger charge is -2.13. The number of hydrogen-bond acceptors (Lipinski definition) is 8. The van der Waals surface area contributed by atoms with Crippen LogP contribution in [0.4, 0.5) is 11.4 Å². The van der Waals surface area contributed by atoms with E-state index in [2.05, 4.69) is 15.5 Å². The maximum absolute atomic E-state index is 12.8. The molecule has 1 amide bonds. The molecular weight excluding hydrogens is 545 g/mol. The van der Waals surface area contributed by atoms with Crippen molar-refractivity contribution in [2.24, 2.45) is 10.2 Å². The van der Waals surface area contributed by atoms with Crippen molar-refractivity contribution in [3.63, 3.8) is 0 Å². The van der Waals surface area contributed by atoms with E-state index in [1.807, 2.05) is 0 Å². The second kappa shape index (κ2) is 9.97. The SMILES string of the molecule is CC(=O)C(N=Nc1cc(Cl)c(Cl)cc1S(=O)(=O)O)C(=O)Nc1ccc(S(=O)(=O)O)c2ccccc12. The van der Waals surface area contributed by atoms with Gasteiger partial charge in [0.2, 0.25) is 6.04 Å². The number of fused-ring (bicyclic) bond motifs is 1. The zero-order valence-electron chi connectivity index (χ0n) is 17.5. The molecule has 0 heterocycles. The van der Waals surface area contributed by atoms with Crippen molar-refractivity contribution < 1.29 is 35.5 Å². The number of anilines is 1. The lowest BCUT2D eigenvalue weighted by Crippen LogP contribution is -2.31. The maximum atomic E-state index is 12.8. The largest absolute Gasteiger partial charge is 0.323 e. The highest BCUT2D eigenvalue weighted by molar-refractivity contribution is 7.86. The molecule has 0 fully saturated rings. The van der Waals surface area contributed by atoms with Gasteiger partial charge in [-0.3, -0.25) is 18.7 Å². The first kappa shape index (κ1) is 26.7. The molecule has 0 saturated carbocycles. The monoisotopic (exact) mass is 559 g/mol. The number of halogens is 2. The fourth-order valence-electron chi connectivity index (χ4n) is 3.05. The predicted molar refractivity (Wildman–Crippen MR) is 128 cm³/mol. The summed E-state index contributed by atoms with van der Waals surface area (Å²) in [4.78, 5) is 23.8. The number of rotatable bonds is 7. The standard InChI is InChI=1S/C20H15Cl2N3O8S2/c1-10(26)19(25-24-16-8-13(21)14(22)9-18(16)35(31,32)33)20(27)23-15-6-7-17(34(28,29)30)12-5-3-2-4-11(12)15/h2-9,19H,1H3,(H,23,27)(H,28,29,30)(H,31,32,33). The molecule has 3 aromatic carbocycles. The van der Waals surface area contributed by atoms with Gasteiger partial charge >= 0.3 is 0 Å². The van der Waals surface area contributed by atoms with Gasteiger partial charge in [0.15, 0.2) is 5.78 Å². The van der Waals surface area contributed by atoms with Gasteiger partial charge in [-0.2, -0.15) is 27.1 Å². The average Bonchev–Trinajstić information content (AvgIpc) is 2.74. The second-order valence-electron chi connectivity index (χ2n) is 7.06. The van der Waals surface area contributed by atoms with E-state index in [-0.39, 0.29) is 31.4 Å². The number of carbonyl (C=O) groups excluding carboxylic acids is 2. The van der Waals surface area contributed by atoms with Crippen LogP contribution in [0.3, 0.4) is 0 Å². The van der Waals surface area contributed by atoms with E-state index in [1.54, 1.807) is 6.07 Å². The summed E-state index contributed by atoms with van der Waals surface area (Å²) in [5.74, 6) is -1.74. The Morgan fingerprint density at radius 3 is 2.03 bits per heavy atom. The summed E-state index contributed by atoms with van der Waals surface area (Å²) in [6.45, 7) is 1.04. The van der Waals surface area contributed by atoms with Gasteiger partial charge in [0.25, 0.3) is 26.1 Å². The molecule has 0 aliphatic carbocycles. The van der Waals surface area contributed by atoms with Crippen molar-refractivity contribution in [1.29, 1.82) is 0 Å². The molecule has 0 saturated heterocycles. The molecule has 11 nitrogen and oxygen atoms in total. The second-order valence-corrected chi connectivity index (χ2v) is 10.7. The maximum Gasteiger partial charge on any atom is 0.296 e. The number of benzene rings is 3. The summed E-state index contributed by atoms with van der Waals surface area (Å²) in [5.41, 5.74) is -0.364. The lowest BCUT2D eigenvalue weighted by molar-refractivity contribution is -0.126. The number of amides is 1. The van der Waals surface area contributed by atoms with Crippen LogP contribution in [0.25, 0.3) is 10.8 Å². The molecule has 1 unspecified atom stereocenters. The molecule has 15 heteroatoms. The molecule has 3 rings (SSSR count). The van der Waals surface area contributed by atoms with Crippen LogP contribution in [0.2, 0.25) is 10.0 Å². The van der Waals surface area contributed by atoms with Gasteiger partial charge in [0.05, 0.1) is 10.0 Å². The summed E-state index contributed by atoms with van der Waals surface area (Å²) in [7, 11) is -9.36. The van der Waals surface area contributed by atoms with E-state index in [1.165, 1.54) is 24.3 Å². The van der Waals surface area contributed by atoms with Crippen LogP contribution in [-0.2, 0) is 29.8 Å². The Bertz CT molecular complexity index is 1610. The van der Waals surface area contributed by atoms with E-state index in [0.717, 1.165) is 25.1 Å². The topological polar surface area (TPSA) is 180 Å². The first-order chi connectivity index (χ1) is 16.2. The molecule has 0 radical (unpaired) electrons. The fourth-order valence-corrected chi connectivity index (χ4v) is 4.76. The van der Waals surface area contributed by atoms with Gasteiger partial charge in [-0.15, -0.1) is 0 Å². The normalized spacial score (nSPS) is 13.2. The van der Waals surface area contributed by atoms with E-state index < -0.39 is 48.6 Å². The van der Waals surface area contributed by atoms with Crippen LogP contribution in [-0.4, -0.2) is 43.7 Å². The molecule has 0 bridgehead atoms. The minimum atomic E-state index is -4.80. The van der Waals surface area contributed by atoms with Crippen molar-refractivity contribution in [2.75, 3.05) is 5.32 Å². The quantitative estimate of drug-likeness (QED) is 0.217. The highest BCUT2D eigenvalue weighted by Gasteiger charge is 2.26. The number of azo groups is 1. The van der Waals surface area contributed by atoms with Crippen LogP contribution in [0, 0.1) is 0 Å². The van der Waals surface area contributed by atoms with Crippen molar-refractivity contribution >= 4 is 77.3 Å². The van der Waals surface area contributed by atoms with Crippen molar-refractivity contribution in [1.82, 2.24) is 0 Å². The Labute approximate surface area is 209 Å². The zero-order chi connectivity index (χ0) is 26.1. The molecule has 184 valence electrons. The zero-order valence-corrected chi connectivity index (χ0v) is 20.7. The number of nitrogens with zero attached hydrogens (tertiary/aromatic N) is 2. The number of hydrogen-bond donors (Lipinski definition) is 3. The molecule has 0 aliphatic rings. The number of nitrogens with one attached hydrogen (secondary N) is 1. The van der Waals surface area contributed by atoms with Crippen LogP contribution >= 0.6 is 23.2 Å². The van der Waals surface area contributed by atoms with E-state index in [9.17, 15) is 35.5 Å². The molecule has 3 N–H and O–H groups in total. The van der Waals surface area contributed by atoms with Crippen LogP contribution in [0.15, 0.2) is 68.6 Å². The van der Waals surface area contributed by atoms with Crippen LogP contribution < -0.4 is 5.32 Å².